The molecule has 1 rings (SSSR count). The van der Waals surface area contributed by atoms with Gasteiger partial charge in [-0.15, -0.1) is 11.8 Å². The molecule has 0 aromatic rings. The summed E-state index contributed by atoms with van der Waals surface area (Å²) >= 11 is 1.69. The molecule has 1 aliphatic rings. The third-order valence-electron chi connectivity index (χ3n) is 3.88. The molecular weight excluding hydrogens is 250 g/mol. The maximum absolute atomic E-state index is 12.0. The lowest BCUT2D eigenvalue weighted by Crippen LogP contribution is -2.45. The Labute approximate surface area is 113 Å². The van der Waals surface area contributed by atoms with Crippen molar-refractivity contribution < 1.29 is 14.7 Å². The van der Waals surface area contributed by atoms with Gasteiger partial charge in [0.15, 0.2) is 0 Å². The molecule has 1 heterocycles. The minimum atomic E-state index is -0.816. The number of thioether (sulfide) groups is 1. The van der Waals surface area contributed by atoms with Gasteiger partial charge in [0.25, 0.3) is 0 Å². The molecule has 2 N–H and O–H groups in total. The highest BCUT2D eigenvalue weighted by molar-refractivity contribution is 8.00. The number of aliphatic carboxylic acids is 1. The fourth-order valence-corrected chi connectivity index (χ4v) is 3.42. The fraction of sp³-hybridized carbons (Fsp3) is 0.846. The number of hydrogen-bond acceptors (Lipinski definition) is 3. The summed E-state index contributed by atoms with van der Waals surface area (Å²) in [6.45, 7) is 3.96. The largest absolute Gasteiger partial charge is 0.481 e. The third-order valence-corrected chi connectivity index (χ3v) is 5.26. The molecule has 5 heteroatoms. The SMILES string of the molecule is CCC(CC)(CNC(=O)C1CCCCS1)C(=O)O. The summed E-state index contributed by atoms with van der Waals surface area (Å²) < 4.78 is 0. The second-order valence-corrected chi connectivity index (χ2v) is 6.18. The molecule has 0 aromatic heterocycles. The summed E-state index contributed by atoms with van der Waals surface area (Å²) in [6, 6.07) is 0. The van der Waals surface area contributed by atoms with Gasteiger partial charge in [0.2, 0.25) is 5.91 Å². The molecule has 1 fully saturated rings. The maximum Gasteiger partial charge on any atom is 0.311 e. The van der Waals surface area contributed by atoms with E-state index in [1.54, 1.807) is 11.8 Å². The fourth-order valence-electron chi connectivity index (χ4n) is 2.20. The van der Waals surface area contributed by atoms with Crippen molar-refractivity contribution >= 4 is 23.6 Å². The highest BCUT2D eigenvalue weighted by Gasteiger charge is 2.35. The average Bonchev–Trinajstić information content (AvgIpc) is 2.41. The number of carboxylic acid groups (broad SMARTS) is 1. The quantitative estimate of drug-likeness (QED) is 0.779. The Hall–Kier alpha value is -0.710. The maximum atomic E-state index is 12.0. The van der Waals surface area contributed by atoms with E-state index in [4.69, 9.17) is 0 Å². The molecule has 4 nitrogen and oxygen atoms in total. The average molecular weight is 273 g/mol. The van der Waals surface area contributed by atoms with E-state index in [2.05, 4.69) is 5.32 Å². The number of hydrogen-bond donors (Lipinski definition) is 2. The van der Waals surface area contributed by atoms with Gasteiger partial charge < -0.3 is 10.4 Å². The van der Waals surface area contributed by atoms with Crippen LogP contribution < -0.4 is 5.32 Å². The van der Waals surface area contributed by atoms with Crippen LogP contribution in [0.25, 0.3) is 0 Å². The van der Waals surface area contributed by atoms with Gasteiger partial charge in [-0.3, -0.25) is 9.59 Å². The van der Waals surface area contributed by atoms with Gasteiger partial charge in [-0.25, -0.2) is 0 Å². The van der Waals surface area contributed by atoms with E-state index in [0.717, 1.165) is 18.6 Å². The molecule has 0 spiro atoms. The topological polar surface area (TPSA) is 66.4 Å². The van der Waals surface area contributed by atoms with Crippen molar-refractivity contribution in [1.82, 2.24) is 5.32 Å². The molecule has 18 heavy (non-hydrogen) atoms. The van der Waals surface area contributed by atoms with Crippen LogP contribution in [0.2, 0.25) is 0 Å². The van der Waals surface area contributed by atoms with E-state index >= 15 is 0 Å². The van der Waals surface area contributed by atoms with E-state index in [-0.39, 0.29) is 17.7 Å². The normalized spacial score (nSPS) is 20.4. The van der Waals surface area contributed by atoms with Gasteiger partial charge in [0.05, 0.1) is 10.7 Å². The number of rotatable bonds is 6. The molecule has 1 aliphatic heterocycles. The van der Waals surface area contributed by atoms with Crippen LogP contribution in [0, 0.1) is 5.41 Å². The Balaban J connectivity index is 2.51. The van der Waals surface area contributed by atoms with Crippen molar-refractivity contribution in [2.45, 2.75) is 51.2 Å². The standard InChI is InChI=1S/C13H23NO3S/c1-3-13(4-2,12(16)17)9-14-11(15)10-7-5-6-8-18-10/h10H,3-9H2,1-2H3,(H,14,15)(H,16,17). The zero-order valence-corrected chi connectivity index (χ0v) is 12.0. The number of carbonyl (C=O) groups excluding carboxylic acids is 1. The predicted octanol–water partition coefficient (Wildman–Crippen LogP) is 2.28. The summed E-state index contributed by atoms with van der Waals surface area (Å²) in [4.78, 5) is 23.3. The summed E-state index contributed by atoms with van der Waals surface area (Å²) in [6.07, 6.45) is 4.26. The van der Waals surface area contributed by atoms with E-state index in [1.807, 2.05) is 13.8 Å². The van der Waals surface area contributed by atoms with Crippen LogP contribution >= 0.6 is 11.8 Å². The first kappa shape index (κ1) is 15.3. The lowest BCUT2D eigenvalue weighted by atomic mass is 9.82. The summed E-state index contributed by atoms with van der Waals surface area (Å²) in [5.74, 6) is 0.223. The third kappa shape index (κ3) is 3.64. The van der Waals surface area contributed by atoms with Crippen LogP contribution in [-0.4, -0.2) is 34.5 Å². The second kappa shape index (κ2) is 7.02. The van der Waals surface area contributed by atoms with Crippen molar-refractivity contribution in [2.24, 2.45) is 5.41 Å². The van der Waals surface area contributed by atoms with Gasteiger partial charge in [-0.1, -0.05) is 20.3 Å². The van der Waals surface area contributed by atoms with E-state index < -0.39 is 11.4 Å². The van der Waals surface area contributed by atoms with Gasteiger partial charge in [0.1, 0.15) is 0 Å². The highest BCUT2D eigenvalue weighted by atomic mass is 32.2. The molecular formula is C13H23NO3S. The number of carbonyl (C=O) groups is 2. The van der Waals surface area contributed by atoms with E-state index in [1.165, 1.54) is 6.42 Å². The molecule has 1 unspecified atom stereocenters. The lowest BCUT2D eigenvalue weighted by Gasteiger charge is -2.28. The van der Waals surface area contributed by atoms with Crippen molar-refractivity contribution in [2.75, 3.05) is 12.3 Å². The van der Waals surface area contributed by atoms with E-state index in [9.17, 15) is 14.7 Å². The monoisotopic (exact) mass is 273 g/mol. The van der Waals surface area contributed by atoms with Crippen LogP contribution in [0.3, 0.4) is 0 Å². The van der Waals surface area contributed by atoms with Crippen LogP contribution in [0.1, 0.15) is 46.0 Å². The van der Waals surface area contributed by atoms with Crippen LogP contribution in [-0.2, 0) is 9.59 Å². The van der Waals surface area contributed by atoms with Crippen molar-refractivity contribution in [3.8, 4) is 0 Å². The molecule has 104 valence electrons. The van der Waals surface area contributed by atoms with Crippen LogP contribution in [0.4, 0.5) is 0 Å². The summed E-state index contributed by atoms with van der Waals surface area (Å²) in [5, 5.41) is 12.1. The summed E-state index contributed by atoms with van der Waals surface area (Å²) in [5.41, 5.74) is -0.811. The highest BCUT2D eigenvalue weighted by Crippen LogP contribution is 2.28. The van der Waals surface area contributed by atoms with Crippen molar-refractivity contribution in [1.29, 1.82) is 0 Å². The Kier molecular flexibility index (Phi) is 5.99. The molecule has 1 saturated heterocycles. The second-order valence-electron chi connectivity index (χ2n) is 4.87. The number of carboxylic acids is 1. The van der Waals surface area contributed by atoms with Gasteiger partial charge >= 0.3 is 5.97 Å². The first-order valence-electron chi connectivity index (χ1n) is 6.68. The Morgan fingerprint density at radius 1 is 1.33 bits per heavy atom. The molecule has 0 bridgehead atoms. The lowest BCUT2D eigenvalue weighted by molar-refractivity contribution is -0.149. The zero-order chi connectivity index (χ0) is 13.6. The Bertz CT molecular complexity index is 297. The predicted molar refractivity (Wildman–Crippen MR) is 73.8 cm³/mol. The first-order valence-corrected chi connectivity index (χ1v) is 7.73. The first-order chi connectivity index (χ1) is 8.55. The van der Waals surface area contributed by atoms with E-state index in [0.29, 0.717) is 12.8 Å². The molecule has 0 aromatic carbocycles. The molecule has 0 radical (unpaired) electrons. The molecule has 1 amide bonds. The number of amides is 1. The molecule has 0 saturated carbocycles. The summed E-state index contributed by atoms with van der Waals surface area (Å²) in [7, 11) is 0. The Morgan fingerprint density at radius 3 is 2.44 bits per heavy atom. The van der Waals surface area contributed by atoms with Gasteiger partial charge in [-0.05, 0) is 31.4 Å². The molecule has 1 atom stereocenters. The van der Waals surface area contributed by atoms with Crippen molar-refractivity contribution in [3.63, 3.8) is 0 Å². The van der Waals surface area contributed by atoms with Crippen molar-refractivity contribution in [3.05, 3.63) is 0 Å². The minimum absolute atomic E-state index is 0.00669. The van der Waals surface area contributed by atoms with Gasteiger partial charge in [0, 0.05) is 6.54 Å². The Morgan fingerprint density at radius 2 is 2.00 bits per heavy atom. The zero-order valence-electron chi connectivity index (χ0n) is 11.2. The smallest absolute Gasteiger partial charge is 0.311 e. The molecule has 0 aliphatic carbocycles. The van der Waals surface area contributed by atoms with Gasteiger partial charge in [-0.2, -0.15) is 0 Å². The minimum Gasteiger partial charge on any atom is -0.481 e. The van der Waals surface area contributed by atoms with Crippen LogP contribution in [0.5, 0.6) is 0 Å². The van der Waals surface area contributed by atoms with Crippen LogP contribution in [0.15, 0.2) is 0 Å². The number of nitrogens with one attached hydrogen (secondary N) is 1.